The van der Waals surface area contributed by atoms with Crippen LogP contribution in [-0.2, 0) is 29.1 Å². The molecule has 0 aromatic heterocycles. The van der Waals surface area contributed by atoms with E-state index in [9.17, 15) is 18.0 Å². The van der Waals surface area contributed by atoms with Crippen molar-refractivity contribution in [2.75, 3.05) is 13.2 Å². The molecule has 25 heavy (non-hydrogen) atoms. The number of carbonyl (C=O) groups excluding carboxylic acids is 2. The lowest BCUT2D eigenvalue weighted by Gasteiger charge is -2.19. The Balaban J connectivity index is 3.37. The highest BCUT2D eigenvalue weighted by molar-refractivity contribution is 7.89. The van der Waals surface area contributed by atoms with Gasteiger partial charge in [0.05, 0.1) is 18.1 Å². The van der Waals surface area contributed by atoms with E-state index in [1.807, 2.05) is 6.07 Å². The van der Waals surface area contributed by atoms with Gasteiger partial charge in [-0.25, -0.2) is 18.0 Å². The summed E-state index contributed by atoms with van der Waals surface area (Å²) in [6.07, 6.45) is 0. The molecule has 0 spiro atoms. The van der Waals surface area contributed by atoms with Crippen LogP contribution in [0.5, 0.6) is 0 Å². The van der Waals surface area contributed by atoms with E-state index in [1.54, 1.807) is 41.5 Å². The van der Waals surface area contributed by atoms with Crippen LogP contribution in [0.15, 0.2) is 11.0 Å². The number of benzene rings is 1. The number of nitrogens with one attached hydrogen (secondary N) is 1. The Morgan fingerprint density at radius 1 is 0.960 bits per heavy atom. The first-order chi connectivity index (χ1) is 11.6. The molecule has 1 N–H and O–H groups in total. The summed E-state index contributed by atoms with van der Waals surface area (Å²) in [5.41, 5.74) is 2.71. The van der Waals surface area contributed by atoms with Crippen molar-refractivity contribution in [1.82, 2.24) is 4.72 Å². The van der Waals surface area contributed by atoms with Crippen LogP contribution >= 0.6 is 0 Å². The van der Waals surface area contributed by atoms with Gasteiger partial charge < -0.3 is 9.47 Å². The average molecular weight is 371 g/mol. The zero-order valence-electron chi connectivity index (χ0n) is 15.4. The Kier molecular flexibility index (Phi) is 7.13. The van der Waals surface area contributed by atoms with Gasteiger partial charge in [-0.3, -0.25) is 0 Å². The van der Waals surface area contributed by atoms with Crippen molar-refractivity contribution in [3.8, 4) is 0 Å². The summed E-state index contributed by atoms with van der Waals surface area (Å²) in [5, 5.41) is 0. The van der Waals surface area contributed by atoms with E-state index in [-0.39, 0.29) is 18.1 Å². The fourth-order valence-electron chi connectivity index (χ4n) is 2.44. The molecule has 1 aromatic carbocycles. The van der Waals surface area contributed by atoms with Crippen molar-refractivity contribution in [2.45, 2.75) is 52.5 Å². The maximum absolute atomic E-state index is 12.9. The van der Waals surface area contributed by atoms with E-state index in [0.29, 0.717) is 11.1 Å². The highest BCUT2D eigenvalue weighted by atomic mass is 32.2. The molecule has 1 rings (SSSR count). The Labute approximate surface area is 148 Å². The van der Waals surface area contributed by atoms with Gasteiger partial charge in [0, 0.05) is 0 Å². The van der Waals surface area contributed by atoms with Crippen molar-refractivity contribution in [2.24, 2.45) is 0 Å². The van der Waals surface area contributed by atoms with Crippen LogP contribution in [0.4, 0.5) is 0 Å². The maximum atomic E-state index is 12.9. The van der Waals surface area contributed by atoms with Crippen molar-refractivity contribution in [3.63, 3.8) is 0 Å². The van der Waals surface area contributed by atoms with Crippen LogP contribution in [-0.4, -0.2) is 39.6 Å². The Morgan fingerprint density at radius 3 is 1.72 bits per heavy atom. The van der Waals surface area contributed by atoms with Crippen LogP contribution in [0, 0.1) is 27.7 Å². The lowest BCUT2D eigenvalue weighted by molar-refractivity contribution is -0.157. The fraction of sp³-hybridized carbons (Fsp3) is 0.529. The highest BCUT2D eigenvalue weighted by Gasteiger charge is 2.35. The molecule has 0 aliphatic carbocycles. The number of aryl methyl sites for hydroxylation is 2. The summed E-state index contributed by atoms with van der Waals surface area (Å²) in [6, 6.07) is 0.141. The van der Waals surface area contributed by atoms with Crippen LogP contribution in [0.3, 0.4) is 0 Å². The van der Waals surface area contributed by atoms with Crippen LogP contribution in [0.2, 0.25) is 0 Å². The number of esters is 2. The van der Waals surface area contributed by atoms with Crippen LogP contribution in [0.1, 0.15) is 36.1 Å². The number of rotatable bonds is 7. The monoisotopic (exact) mass is 371 g/mol. The first-order valence-corrected chi connectivity index (χ1v) is 9.48. The molecule has 0 radical (unpaired) electrons. The Hall–Kier alpha value is -1.93. The molecule has 0 aliphatic heterocycles. The van der Waals surface area contributed by atoms with Gasteiger partial charge in [0.25, 0.3) is 0 Å². The maximum Gasteiger partial charge on any atom is 0.335 e. The highest BCUT2D eigenvalue weighted by Crippen LogP contribution is 2.26. The largest absolute Gasteiger partial charge is 0.464 e. The second-order valence-electron chi connectivity index (χ2n) is 5.65. The topological polar surface area (TPSA) is 98.8 Å². The standard InChI is InChI=1S/C17H25NO6S/c1-7-23-16(19)14(17(20)24-8-2)18-25(21,22)15-12(5)10(3)9-11(4)13(15)6/h9,14,18H,7-8H2,1-6H3. The summed E-state index contributed by atoms with van der Waals surface area (Å²) in [4.78, 5) is 24.1. The molecule has 0 atom stereocenters. The lowest BCUT2D eigenvalue weighted by atomic mass is 10.0. The van der Waals surface area contributed by atoms with Gasteiger partial charge in [0.15, 0.2) is 0 Å². The average Bonchev–Trinajstić information content (AvgIpc) is 2.51. The smallest absolute Gasteiger partial charge is 0.335 e. The molecule has 1 aromatic rings. The number of ether oxygens (including phenoxy) is 2. The third-order valence-electron chi connectivity index (χ3n) is 3.88. The minimum absolute atomic E-state index is 0.0120. The van der Waals surface area contributed by atoms with Crippen LogP contribution < -0.4 is 4.72 Å². The van der Waals surface area contributed by atoms with Crippen LogP contribution in [0.25, 0.3) is 0 Å². The van der Waals surface area contributed by atoms with E-state index in [4.69, 9.17) is 9.47 Å². The molecule has 0 unspecified atom stereocenters. The predicted octanol–water partition coefficient (Wildman–Crippen LogP) is 1.69. The first-order valence-electron chi connectivity index (χ1n) is 7.99. The summed E-state index contributed by atoms with van der Waals surface area (Å²) in [5.74, 6) is -1.99. The number of hydrogen-bond acceptors (Lipinski definition) is 6. The Bertz CT molecular complexity index is 726. The molecule has 0 fully saturated rings. The lowest BCUT2D eigenvalue weighted by Crippen LogP contribution is -2.48. The van der Waals surface area contributed by atoms with E-state index in [1.165, 1.54) is 0 Å². The minimum atomic E-state index is -4.14. The zero-order chi connectivity index (χ0) is 19.4. The van der Waals surface area contributed by atoms with Gasteiger partial charge in [0.1, 0.15) is 0 Å². The molecular formula is C17H25NO6S. The Morgan fingerprint density at radius 2 is 1.36 bits per heavy atom. The second kappa shape index (κ2) is 8.44. The summed E-state index contributed by atoms with van der Waals surface area (Å²) < 4.78 is 37.5. The molecular weight excluding hydrogens is 346 g/mol. The molecule has 0 saturated carbocycles. The molecule has 0 heterocycles. The first kappa shape index (κ1) is 21.1. The molecule has 0 aliphatic rings. The van der Waals surface area contributed by atoms with Gasteiger partial charge in [-0.2, -0.15) is 4.72 Å². The van der Waals surface area contributed by atoms with Gasteiger partial charge in [-0.1, -0.05) is 6.07 Å². The molecule has 0 amide bonds. The number of carbonyl (C=O) groups is 2. The zero-order valence-corrected chi connectivity index (χ0v) is 16.2. The summed E-state index contributed by atoms with van der Waals surface area (Å²) in [6.45, 7) is 10.1. The van der Waals surface area contributed by atoms with E-state index in [2.05, 4.69) is 4.72 Å². The molecule has 8 heteroatoms. The van der Waals surface area contributed by atoms with Gasteiger partial charge in [-0.15, -0.1) is 0 Å². The predicted molar refractivity (Wildman–Crippen MR) is 92.8 cm³/mol. The van der Waals surface area contributed by atoms with Crippen molar-refractivity contribution >= 4 is 22.0 Å². The SMILES string of the molecule is CCOC(=O)C(NS(=O)(=O)c1c(C)c(C)cc(C)c1C)C(=O)OCC. The molecule has 140 valence electrons. The third-order valence-corrected chi connectivity index (χ3v) is 5.58. The molecule has 0 saturated heterocycles. The van der Waals surface area contributed by atoms with Crippen molar-refractivity contribution < 1.29 is 27.5 Å². The molecule has 7 nitrogen and oxygen atoms in total. The fourth-order valence-corrected chi connectivity index (χ4v) is 4.19. The van der Waals surface area contributed by atoms with Gasteiger partial charge in [-0.05, 0) is 63.8 Å². The van der Waals surface area contributed by atoms with Gasteiger partial charge in [0.2, 0.25) is 16.1 Å². The van der Waals surface area contributed by atoms with E-state index in [0.717, 1.165) is 11.1 Å². The summed E-state index contributed by atoms with van der Waals surface area (Å²) >= 11 is 0. The number of sulfonamides is 1. The normalized spacial score (nSPS) is 11.5. The van der Waals surface area contributed by atoms with Crippen molar-refractivity contribution in [3.05, 3.63) is 28.3 Å². The van der Waals surface area contributed by atoms with E-state index >= 15 is 0 Å². The summed E-state index contributed by atoms with van der Waals surface area (Å²) in [7, 11) is -4.14. The quantitative estimate of drug-likeness (QED) is 0.578. The third kappa shape index (κ3) is 4.79. The number of hydrogen-bond donors (Lipinski definition) is 1. The van der Waals surface area contributed by atoms with Gasteiger partial charge >= 0.3 is 11.9 Å². The van der Waals surface area contributed by atoms with E-state index < -0.39 is 28.0 Å². The molecule has 0 bridgehead atoms. The second-order valence-corrected chi connectivity index (χ2v) is 7.30. The van der Waals surface area contributed by atoms with Crippen molar-refractivity contribution in [1.29, 1.82) is 0 Å². The minimum Gasteiger partial charge on any atom is -0.464 e.